The Morgan fingerprint density at radius 3 is 2.90 bits per heavy atom. The molecule has 1 saturated carbocycles. The number of hydrogen-bond acceptors (Lipinski definition) is 5. The Hall–Kier alpha value is -1.63. The van der Waals surface area contributed by atoms with Gasteiger partial charge in [-0.15, -0.1) is 0 Å². The highest BCUT2D eigenvalue weighted by atomic mass is 79.9. The predicted octanol–water partition coefficient (Wildman–Crippen LogP) is 2.89. The Balaban J connectivity index is 1.79. The van der Waals surface area contributed by atoms with Crippen molar-refractivity contribution < 1.29 is 4.42 Å². The fraction of sp³-hybridized carbons (Fsp3) is 0.500. The van der Waals surface area contributed by atoms with Gasteiger partial charge in [0.05, 0.1) is 18.1 Å². The first kappa shape index (κ1) is 14.3. The number of halogens is 1. The van der Waals surface area contributed by atoms with E-state index in [1.807, 2.05) is 13.8 Å². The van der Waals surface area contributed by atoms with E-state index in [0.717, 1.165) is 5.76 Å². The standard InChI is InChI=1S/C14H17BrN4O2/c1-8-5-16-13(21-8)9(2)18-11-6-17-19(7-10-3-4-10)14(20)12(11)15/h5-6,9-10,18H,3-4,7H2,1-2H3. The summed E-state index contributed by atoms with van der Waals surface area (Å²) >= 11 is 3.36. The van der Waals surface area contributed by atoms with Crippen molar-refractivity contribution in [3.8, 4) is 0 Å². The van der Waals surface area contributed by atoms with Gasteiger partial charge in [-0.1, -0.05) is 0 Å². The average Bonchev–Trinajstić information content (AvgIpc) is 3.17. The zero-order chi connectivity index (χ0) is 15.0. The molecule has 3 rings (SSSR count). The highest BCUT2D eigenvalue weighted by Crippen LogP contribution is 2.30. The van der Waals surface area contributed by atoms with Crippen LogP contribution in [-0.4, -0.2) is 14.8 Å². The van der Waals surface area contributed by atoms with Gasteiger partial charge in [-0.05, 0) is 48.5 Å². The maximum Gasteiger partial charge on any atom is 0.283 e. The van der Waals surface area contributed by atoms with Crippen LogP contribution in [0.4, 0.5) is 5.69 Å². The molecule has 112 valence electrons. The number of hydrogen-bond donors (Lipinski definition) is 1. The van der Waals surface area contributed by atoms with E-state index < -0.39 is 0 Å². The van der Waals surface area contributed by atoms with E-state index >= 15 is 0 Å². The zero-order valence-electron chi connectivity index (χ0n) is 12.0. The summed E-state index contributed by atoms with van der Waals surface area (Å²) in [6.07, 6.45) is 5.72. The van der Waals surface area contributed by atoms with Gasteiger partial charge in [-0.3, -0.25) is 4.79 Å². The zero-order valence-corrected chi connectivity index (χ0v) is 13.6. The van der Waals surface area contributed by atoms with E-state index in [-0.39, 0.29) is 11.6 Å². The molecule has 0 aromatic carbocycles. The summed E-state index contributed by atoms with van der Waals surface area (Å²) in [5.41, 5.74) is 0.540. The fourth-order valence-corrected chi connectivity index (χ4v) is 2.53. The van der Waals surface area contributed by atoms with Crippen LogP contribution in [-0.2, 0) is 6.54 Å². The van der Waals surface area contributed by atoms with Crippen molar-refractivity contribution in [1.29, 1.82) is 0 Å². The SMILES string of the molecule is Cc1cnc(C(C)Nc2cnn(CC3CC3)c(=O)c2Br)o1. The van der Waals surface area contributed by atoms with Gasteiger partial charge in [0, 0.05) is 6.54 Å². The topological polar surface area (TPSA) is 73.0 Å². The first-order valence-corrected chi connectivity index (χ1v) is 7.78. The highest BCUT2D eigenvalue weighted by molar-refractivity contribution is 9.10. The number of aryl methyl sites for hydroxylation is 1. The normalized spacial score (nSPS) is 16.0. The molecule has 0 saturated heterocycles. The van der Waals surface area contributed by atoms with Gasteiger partial charge < -0.3 is 9.73 Å². The van der Waals surface area contributed by atoms with Crippen LogP contribution >= 0.6 is 15.9 Å². The third kappa shape index (κ3) is 3.18. The number of nitrogens with zero attached hydrogens (tertiary/aromatic N) is 3. The molecule has 2 aromatic rings. The lowest BCUT2D eigenvalue weighted by Gasteiger charge is -2.14. The van der Waals surface area contributed by atoms with Crippen molar-refractivity contribution in [2.24, 2.45) is 5.92 Å². The van der Waals surface area contributed by atoms with Gasteiger partial charge in [0.15, 0.2) is 0 Å². The van der Waals surface area contributed by atoms with Crippen LogP contribution in [0, 0.1) is 12.8 Å². The van der Waals surface area contributed by atoms with E-state index in [1.54, 1.807) is 12.4 Å². The Kier molecular flexibility index (Phi) is 3.84. The highest BCUT2D eigenvalue weighted by Gasteiger charge is 2.23. The predicted molar refractivity (Wildman–Crippen MR) is 82.2 cm³/mol. The third-order valence-corrected chi connectivity index (χ3v) is 4.26. The summed E-state index contributed by atoms with van der Waals surface area (Å²) in [5.74, 6) is 1.95. The van der Waals surface area contributed by atoms with Crippen LogP contribution < -0.4 is 10.9 Å². The van der Waals surface area contributed by atoms with E-state index in [0.29, 0.717) is 28.5 Å². The van der Waals surface area contributed by atoms with Crippen molar-refractivity contribution in [2.45, 2.75) is 39.3 Å². The van der Waals surface area contributed by atoms with Crippen molar-refractivity contribution in [2.75, 3.05) is 5.32 Å². The van der Waals surface area contributed by atoms with Gasteiger partial charge in [0.25, 0.3) is 5.56 Å². The van der Waals surface area contributed by atoms with Crippen LogP contribution in [0.2, 0.25) is 0 Å². The molecule has 0 bridgehead atoms. The molecule has 0 radical (unpaired) electrons. The number of aromatic nitrogens is 3. The third-order valence-electron chi connectivity index (χ3n) is 3.49. The minimum atomic E-state index is -0.143. The first-order valence-electron chi connectivity index (χ1n) is 6.99. The Labute approximate surface area is 130 Å². The lowest BCUT2D eigenvalue weighted by Crippen LogP contribution is -2.25. The summed E-state index contributed by atoms with van der Waals surface area (Å²) in [6, 6.07) is -0.143. The molecule has 1 N–H and O–H groups in total. The molecule has 1 unspecified atom stereocenters. The van der Waals surface area contributed by atoms with Crippen LogP contribution in [0.15, 0.2) is 26.1 Å². The van der Waals surface area contributed by atoms with Crippen LogP contribution in [0.5, 0.6) is 0 Å². The molecule has 1 aliphatic rings. The molecule has 6 nitrogen and oxygen atoms in total. The molecular weight excluding hydrogens is 336 g/mol. The Morgan fingerprint density at radius 1 is 1.52 bits per heavy atom. The fourth-order valence-electron chi connectivity index (χ4n) is 2.11. The second-order valence-electron chi connectivity index (χ2n) is 5.48. The Bertz CT molecular complexity index is 705. The monoisotopic (exact) mass is 352 g/mol. The summed E-state index contributed by atoms with van der Waals surface area (Å²) in [6.45, 7) is 4.47. The summed E-state index contributed by atoms with van der Waals surface area (Å²) in [7, 11) is 0. The summed E-state index contributed by atoms with van der Waals surface area (Å²) in [5, 5.41) is 7.43. The van der Waals surface area contributed by atoms with Crippen molar-refractivity contribution in [1.82, 2.24) is 14.8 Å². The quantitative estimate of drug-likeness (QED) is 0.895. The molecule has 7 heteroatoms. The maximum atomic E-state index is 12.2. The summed E-state index contributed by atoms with van der Waals surface area (Å²) < 4.78 is 7.49. The Morgan fingerprint density at radius 2 is 2.29 bits per heavy atom. The van der Waals surface area contributed by atoms with Crippen LogP contribution in [0.25, 0.3) is 0 Å². The molecule has 0 spiro atoms. The minimum absolute atomic E-state index is 0.109. The first-order chi connectivity index (χ1) is 10.0. The van der Waals surface area contributed by atoms with Gasteiger partial charge >= 0.3 is 0 Å². The second kappa shape index (κ2) is 5.63. The van der Waals surface area contributed by atoms with Gasteiger partial charge in [-0.25, -0.2) is 9.67 Å². The van der Waals surface area contributed by atoms with Gasteiger partial charge in [-0.2, -0.15) is 5.10 Å². The van der Waals surface area contributed by atoms with Crippen molar-refractivity contribution >= 4 is 21.6 Å². The van der Waals surface area contributed by atoms with E-state index in [4.69, 9.17) is 4.42 Å². The van der Waals surface area contributed by atoms with E-state index in [9.17, 15) is 4.79 Å². The van der Waals surface area contributed by atoms with Crippen molar-refractivity contribution in [3.63, 3.8) is 0 Å². The van der Waals surface area contributed by atoms with E-state index in [1.165, 1.54) is 17.5 Å². The molecule has 2 heterocycles. The molecule has 1 atom stereocenters. The van der Waals surface area contributed by atoms with Crippen molar-refractivity contribution in [3.05, 3.63) is 38.9 Å². The number of rotatable bonds is 5. The van der Waals surface area contributed by atoms with E-state index in [2.05, 4.69) is 31.3 Å². The molecular formula is C14H17BrN4O2. The molecule has 0 aliphatic heterocycles. The summed E-state index contributed by atoms with van der Waals surface area (Å²) in [4.78, 5) is 16.4. The average molecular weight is 353 g/mol. The lowest BCUT2D eigenvalue weighted by atomic mass is 10.3. The van der Waals surface area contributed by atoms with Crippen LogP contribution in [0.1, 0.15) is 37.5 Å². The van der Waals surface area contributed by atoms with Crippen LogP contribution in [0.3, 0.4) is 0 Å². The van der Waals surface area contributed by atoms with Gasteiger partial charge in [0.1, 0.15) is 16.3 Å². The molecule has 1 aliphatic carbocycles. The number of anilines is 1. The molecule has 0 amide bonds. The lowest BCUT2D eigenvalue weighted by molar-refractivity contribution is 0.453. The maximum absolute atomic E-state index is 12.2. The van der Waals surface area contributed by atoms with Gasteiger partial charge in [0.2, 0.25) is 5.89 Å². The minimum Gasteiger partial charge on any atom is -0.444 e. The second-order valence-corrected chi connectivity index (χ2v) is 6.27. The largest absolute Gasteiger partial charge is 0.444 e. The smallest absolute Gasteiger partial charge is 0.283 e. The molecule has 21 heavy (non-hydrogen) atoms. The molecule has 1 fully saturated rings. The number of nitrogens with one attached hydrogen (secondary N) is 1. The number of oxazole rings is 1. The molecule has 2 aromatic heterocycles.